The standard InChI is InChI=1S/C21H40O6S.Na/c1-2-3-4-5-6-7-8-9-10-11-12-13-14-15-17-20(22)21(23)27-18-16-19-28(24,25)26;/h9-10,20,22H,2-8,11-19H2,1H3,(H,24,25,26);/q;+1/p-1. The van der Waals surface area contributed by atoms with E-state index in [1.807, 2.05) is 0 Å². The van der Waals surface area contributed by atoms with Gasteiger partial charge in [-0.1, -0.05) is 70.4 Å². The maximum atomic E-state index is 11.5. The van der Waals surface area contributed by atoms with Crippen LogP contribution in [-0.4, -0.2) is 42.5 Å². The molecule has 0 aromatic rings. The molecule has 0 bridgehead atoms. The molecule has 29 heavy (non-hydrogen) atoms. The van der Waals surface area contributed by atoms with Crippen molar-refractivity contribution in [2.75, 3.05) is 12.4 Å². The van der Waals surface area contributed by atoms with E-state index in [2.05, 4.69) is 19.1 Å². The van der Waals surface area contributed by atoms with Crippen molar-refractivity contribution in [2.24, 2.45) is 0 Å². The van der Waals surface area contributed by atoms with Gasteiger partial charge >= 0.3 is 35.5 Å². The maximum Gasteiger partial charge on any atom is 1.00 e. The van der Waals surface area contributed by atoms with Gasteiger partial charge in [-0.15, -0.1) is 0 Å². The van der Waals surface area contributed by atoms with Crippen molar-refractivity contribution in [2.45, 2.75) is 103 Å². The molecular weight excluding hydrogens is 403 g/mol. The molecule has 1 unspecified atom stereocenters. The van der Waals surface area contributed by atoms with E-state index >= 15 is 0 Å². The molecule has 0 aliphatic carbocycles. The predicted molar refractivity (Wildman–Crippen MR) is 111 cm³/mol. The Labute approximate surface area is 199 Å². The summed E-state index contributed by atoms with van der Waals surface area (Å²) in [5.41, 5.74) is 0. The topological polar surface area (TPSA) is 104 Å². The molecule has 0 radical (unpaired) electrons. The molecule has 0 rings (SSSR count). The molecule has 0 aromatic heterocycles. The molecule has 0 aromatic carbocycles. The SMILES string of the molecule is CCCCCCCCC=CCCCCCCC(O)C(=O)OCCCS(=O)(=O)[O-].[Na+]. The van der Waals surface area contributed by atoms with Crippen molar-refractivity contribution in [3.63, 3.8) is 0 Å². The summed E-state index contributed by atoms with van der Waals surface area (Å²) < 4.78 is 36.0. The van der Waals surface area contributed by atoms with Crippen LogP contribution in [-0.2, 0) is 19.6 Å². The molecule has 0 saturated carbocycles. The molecule has 0 fully saturated rings. The fourth-order valence-corrected chi connectivity index (χ4v) is 3.33. The van der Waals surface area contributed by atoms with Gasteiger partial charge in [0.05, 0.1) is 16.7 Å². The Kier molecular flexibility index (Phi) is 23.0. The van der Waals surface area contributed by atoms with E-state index in [0.29, 0.717) is 6.42 Å². The minimum Gasteiger partial charge on any atom is -0.748 e. The molecule has 0 amide bonds. The summed E-state index contributed by atoms with van der Waals surface area (Å²) in [6.07, 6.45) is 17.7. The summed E-state index contributed by atoms with van der Waals surface area (Å²) in [6.45, 7) is 2.07. The number of hydrogen-bond acceptors (Lipinski definition) is 6. The number of ether oxygens (including phenoxy) is 1. The van der Waals surface area contributed by atoms with Crippen molar-refractivity contribution in [1.29, 1.82) is 0 Å². The van der Waals surface area contributed by atoms with Crippen LogP contribution < -0.4 is 29.6 Å². The summed E-state index contributed by atoms with van der Waals surface area (Å²) in [5, 5.41) is 9.70. The second-order valence-electron chi connectivity index (χ2n) is 7.32. The van der Waals surface area contributed by atoms with E-state index in [4.69, 9.17) is 4.74 Å². The molecule has 6 nitrogen and oxygen atoms in total. The smallest absolute Gasteiger partial charge is 0.748 e. The van der Waals surface area contributed by atoms with Gasteiger partial charge in [-0.2, -0.15) is 0 Å². The zero-order valence-electron chi connectivity index (χ0n) is 18.4. The zero-order valence-corrected chi connectivity index (χ0v) is 21.3. The van der Waals surface area contributed by atoms with E-state index < -0.39 is 27.9 Å². The van der Waals surface area contributed by atoms with E-state index in [0.717, 1.165) is 32.1 Å². The first-order valence-electron chi connectivity index (χ1n) is 10.8. The van der Waals surface area contributed by atoms with E-state index in [1.54, 1.807) is 0 Å². The average Bonchev–Trinajstić information content (AvgIpc) is 2.64. The number of allylic oxidation sites excluding steroid dienone is 2. The summed E-state index contributed by atoms with van der Waals surface area (Å²) in [5.74, 6) is -1.31. The monoisotopic (exact) mass is 442 g/mol. The minimum atomic E-state index is -4.29. The minimum absolute atomic E-state index is 0. The predicted octanol–water partition coefficient (Wildman–Crippen LogP) is 1.48. The Hall–Kier alpha value is 0.0800. The first-order valence-corrected chi connectivity index (χ1v) is 12.4. The second-order valence-corrected chi connectivity index (χ2v) is 8.84. The Morgan fingerprint density at radius 2 is 1.45 bits per heavy atom. The van der Waals surface area contributed by atoms with Crippen LogP contribution in [0.1, 0.15) is 96.8 Å². The van der Waals surface area contributed by atoms with Crippen LogP contribution in [0.2, 0.25) is 0 Å². The van der Waals surface area contributed by atoms with Gasteiger partial charge in [-0.3, -0.25) is 0 Å². The van der Waals surface area contributed by atoms with Crippen molar-refractivity contribution >= 4 is 16.1 Å². The van der Waals surface area contributed by atoms with Crippen LogP contribution in [0.15, 0.2) is 12.2 Å². The number of hydrogen-bond donors (Lipinski definition) is 1. The van der Waals surface area contributed by atoms with Gasteiger partial charge in [0.2, 0.25) is 0 Å². The van der Waals surface area contributed by atoms with Gasteiger partial charge in [0.15, 0.2) is 6.10 Å². The molecule has 0 heterocycles. The Balaban J connectivity index is 0. The molecule has 1 N–H and O–H groups in total. The van der Waals surface area contributed by atoms with Crippen molar-refractivity contribution in [3.05, 3.63) is 12.2 Å². The first kappa shape index (κ1) is 31.3. The number of rotatable bonds is 19. The van der Waals surface area contributed by atoms with E-state index in [9.17, 15) is 22.9 Å². The van der Waals surface area contributed by atoms with E-state index in [1.165, 1.54) is 44.9 Å². The third-order valence-corrected chi connectivity index (χ3v) is 5.33. The fraction of sp³-hybridized carbons (Fsp3) is 0.857. The quantitative estimate of drug-likeness (QED) is 0.107. The van der Waals surface area contributed by atoms with E-state index in [-0.39, 0.29) is 42.6 Å². The number of carbonyl (C=O) groups excluding carboxylic acids is 1. The van der Waals surface area contributed by atoms with Gasteiger partial charge in [0.1, 0.15) is 0 Å². The second kappa shape index (κ2) is 21.3. The van der Waals surface area contributed by atoms with Crippen LogP contribution in [0.4, 0.5) is 0 Å². The number of unbranched alkanes of at least 4 members (excludes halogenated alkanes) is 10. The summed E-state index contributed by atoms with van der Waals surface area (Å²) >= 11 is 0. The largest absolute Gasteiger partial charge is 1.00 e. The van der Waals surface area contributed by atoms with Crippen LogP contribution >= 0.6 is 0 Å². The first-order chi connectivity index (χ1) is 13.4. The van der Waals surface area contributed by atoms with Crippen LogP contribution in [0, 0.1) is 0 Å². The molecule has 8 heteroatoms. The van der Waals surface area contributed by atoms with Gasteiger partial charge in [0.25, 0.3) is 0 Å². The van der Waals surface area contributed by atoms with Crippen molar-refractivity contribution in [3.8, 4) is 0 Å². The average molecular weight is 443 g/mol. The maximum absolute atomic E-state index is 11.5. The molecule has 1 atom stereocenters. The summed E-state index contributed by atoms with van der Waals surface area (Å²) in [6, 6.07) is 0. The summed E-state index contributed by atoms with van der Waals surface area (Å²) in [4.78, 5) is 11.5. The molecule has 0 aliphatic rings. The number of aliphatic hydroxyl groups excluding tert-OH is 1. The Morgan fingerprint density at radius 3 is 2.00 bits per heavy atom. The normalized spacial score (nSPS) is 12.7. The van der Waals surface area contributed by atoms with Gasteiger partial charge < -0.3 is 14.4 Å². The molecule has 166 valence electrons. The van der Waals surface area contributed by atoms with Crippen molar-refractivity contribution in [1.82, 2.24) is 0 Å². The molecule has 0 spiro atoms. The third-order valence-electron chi connectivity index (χ3n) is 4.54. The summed E-state index contributed by atoms with van der Waals surface area (Å²) in [7, 11) is -4.29. The van der Waals surface area contributed by atoms with Crippen LogP contribution in [0.3, 0.4) is 0 Å². The number of esters is 1. The number of aliphatic hydroxyl groups is 1. The molecular formula is C21H39NaO6S. The van der Waals surface area contributed by atoms with Gasteiger partial charge in [-0.25, -0.2) is 13.2 Å². The fourth-order valence-electron chi connectivity index (χ4n) is 2.85. The molecule has 0 aliphatic heterocycles. The Bertz CT molecular complexity index is 507. The van der Waals surface area contributed by atoms with Gasteiger partial charge in [0, 0.05) is 5.75 Å². The van der Waals surface area contributed by atoms with Crippen LogP contribution in [0.25, 0.3) is 0 Å². The zero-order chi connectivity index (χ0) is 21.1. The molecule has 0 saturated heterocycles. The van der Waals surface area contributed by atoms with Crippen LogP contribution in [0.5, 0.6) is 0 Å². The Morgan fingerprint density at radius 1 is 0.931 bits per heavy atom. The third kappa shape index (κ3) is 24.2. The van der Waals surface area contributed by atoms with Crippen molar-refractivity contribution < 1.29 is 57.2 Å². The number of carbonyl (C=O) groups is 1. The van der Waals surface area contributed by atoms with Gasteiger partial charge in [-0.05, 0) is 38.5 Å².